The van der Waals surface area contributed by atoms with Crippen molar-refractivity contribution in [1.82, 2.24) is 10.2 Å². The summed E-state index contributed by atoms with van der Waals surface area (Å²) in [4.78, 5) is 2.55. The first-order chi connectivity index (χ1) is 9.41. The predicted octanol–water partition coefficient (Wildman–Crippen LogP) is 1.63. The minimum atomic E-state index is -0.449. The van der Waals surface area contributed by atoms with E-state index < -0.39 is 5.60 Å². The monoisotopic (exact) mass is 284 g/mol. The zero-order valence-corrected chi connectivity index (χ0v) is 13.5. The molecule has 0 atom stereocenters. The van der Waals surface area contributed by atoms with E-state index in [-0.39, 0.29) is 0 Å². The van der Waals surface area contributed by atoms with Crippen LogP contribution < -0.4 is 5.32 Å². The first-order valence-electron chi connectivity index (χ1n) is 8.17. The van der Waals surface area contributed by atoms with E-state index in [9.17, 15) is 5.11 Å². The quantitative estimate of drug-likeness (QED) is 0.805. The van der Waals surface area contributed by atoms with E-state index in [1.807, 2.05) is 6.92 Å². The van der Waals surface area contributed by atoms with E-state index >= 15 is 0 Å². The van der Waals surface area contributed by atoms with Crippen molar-refractivity contribution in [3.8, 4) is 0 Å². The van der Waals surface area contributed by atoms with E-state index in [0.717, 1.165) is 65.1 Å². The second-order valence-corrected chi connectivity index (χ2v) is 7.42. The number of rotatable bonds is 5. The van der Waals surface area contributed by atoms with Crippen LogP contribution in [0.25, 0.3) is 0 Å². The number of likely N-dealkylation sites (tertiary alicyclic amines) is 1. The summed E-state index contributed by atoms with van der Waals surface area (Å²) in [7, 11) is 0. The first-order valence-corrected chi connectivity index (χ1v) is 8.17. The highest BCUT2D eigenvalue weighted by atomic mass is 16.5. The molecule has 0 aromatic rings. The van der Waals surface area contributed by atoms with Crippen LogP contribution in [0.3, 0.4) is 0 Å². The molecule has 4 heteroatoms. The molecule has 0 aromatic heterocycles. The second kappa shape index (κ2) is 6.73. The van der Waals surface area contributed by atoms with Crippen molar-refractivity contribution >= 4 is 0 Å². The van der Waals surface area contributed by atoms with Gasteiger partial charge < -0.3 is 20.1 Å². The minimum Gasteiger partial charge on any atom is -0.390 e. The van der Waals surface area contributed by atoms with Crippen molar-refractivity contribution < 1.29 is 9.84 Å². The van der Waals surface area contributed by atoms with Gasteiger partial charge in [0.2, 0.25) is 0 Å². The molecule has 2 saturated heterocycles. The lowest BCUT2D eigenvalue weighted by molar-refractivity contribution is -0.0392. The van der Waals surface area contributed by atoms with Gasteiger partial charge in [0.15, 0.2) is 0 Å². The van der Waals surface area contributed by atoms with Gasteiger partial charge in [-0.05, 0) is 38.0 Å². The standard InChI is InChI=1S/C16H32N2O2/c1-14(2)17-12-16(6-10-20-11-7-16)13-18-8-4-15(3,19)5-9-18/h14,17,19H,4-13H2,1-3H3. The number of hydrogen-bond donors (Lipinski definition) is 2. The van der Waals surface area contributed by atoms with Gasteiger partial charge in [-0.1, -0.05) is 13.8 Å². The summed E-state index contributed by atoms with van der Waals surface area (Å²) in [6, 6.07) is 0.539. The van der Waals surface area contributed by atoms with Gasteiger partial charge in [-0.2, -0.15) is 0 Å². The smallest absolute Gasteiger partial charge is 0.0644 e. The van der Waals surface area contributed by atoms with Crippen LogP contribution in [0, 0.1) is 5.41 Å². The fraction of sp³-hybridized carbons (Fsp3) is 1.00. The third kappa shape index (κ3) is 4.69. The average Bonchev–Trinajstić information content (AvgIpc) is 2.40. The molecule has 0 bridgehead atoms. The van der Waals surface area contributed by atoms with Crippen LogP contribution in [0.5, 0.6) is 0 Å². The van der Waals surface area contributed by atoms with Crippen molar-refractivity contribution in [2.24, 2.45) is 5.41 Å². The Morgan fingerprint density at radius 3 is 2.30 bits per heavy atom. The largest absolute Gasteiger partial charge is 0.390 e. The van der Waals surface area contributed by atoms with Gasteiger partial charge in [-0.3, -0.25) is 0 Å². The molecule has 2 fully saturated rings. The van der Waals surface area contributed by atoms with E-state index in [0.29, 0.717) is 11.5 Å². The normalized spacial score (nSPS) is 26.9. The summed E-state index contributed by atoms with van der Waals surface area (Å²) < 4.78 is 5.57. The van der Waals surface area contributed by atoms with Crippen LogP contribution in [0.2, 0.25) is 0 Å². The van der Waals surface area contributed by atoms with Gasteiger partial charge in [-0.15, -0.1) is 0 Å². The number of hydrogen-bond acceptors (Lipinski definition) is 4. The lowest BCUT2D eigenvalue weighted by Gasteiger charge is -2.44. The Bertz CT molecular complexity index is 289. The van der Waals surface area contributed by atoms with Crippen LogP contribution in [0.4, 0.5) is 0 Å². The maximum atomic E-state index is 10.1. The summed E-state index contributed by atoms with van der Waals surface area (Å²) in [6.07, 6.45) is 4.10. The SMILES string of the molecule is CC(C)NCC1(CN2CCC(C)(O)CC2)CCOCC1. The fourth-order valence-corrected chi connectivity index (χ4v) is 3.28. The molecule has 0 amide bonds. The van der Waals surface area contributed by atoms with Gasteiger partial charge in [0, 0.05) is 45.4 Å². The van der Waals surface area contributed by atoms with Crippen LogP contribution in [-0.2, 0) is 4.74 Å². The van der Waals surface area contributed by atoms with Crippen molar-refractivity contribution in [3.63, 3.8) is 0 Å². The van der Waals surface area contributed by atoms with Gasteiger partial charge in [0.1, 0.15) is 0 Å². The predicted molar refractivity (Wildman–Crippen MR) is 81.9 cm³/mol. The third-order valence-electron chi connectivity index (χ3n) is 4.93. The Balaban J connectivity index is 1.90. The van der Waals surface area contributed by atoms with Gasteiger partial charge in [0.05, 0.1) is 5.60 Å². The van der Waals surface area contributed by atoms with E-state index in [1.165, 1.54) is 0 Å². The summed E-state index contributed by atoms with van der Waals surface area (Å²) in [5.74, 6) is 0. The van der Waals surface area contributed by atoms with Gasteiger partial charge in [-0.25, -0.2) is 0 Å². The molecular weight excluding hydrogens is 252 g/mol. The molecule has 0 aliphatic carbocycles. The average molecular weight is 284 g/mol. The molecule has 20 heavy (non-hydrogen) atoms. The number of piperidine rings is 1. The molecule has 2 N–H and O–H groups in total. The number of aliphatic hydroxyl groups is 1. The zero-order chi connectivity index (χ0) is 14.6. The minimum absolute atomic E-state index is 0.353. The van der Waals surface area contributed by atoms with Crippen molar-refractivity contribution in [1.29, 1.82) is 0 Å². The van der Waals surface area contributed by atoms with Crippen molar-refractivity contribution in [2.75, 3.05) is 39.4 Å². The molecule has 0 spiro atoms. The Morgan fingerprint density at radius 1 is 1.15 bits per heavy atom. The fourth-order valence-electron chi connectivity index (χ4n) is 3.28. The number of nitrogens with zero attached hydrogens (tertiary/aromatic N) is 1. The highest BCUT2D eigenvalue weighted by Crippen LogP contribution is 2.33. The molecule has 0 aromatic carbocycles. The maximum Gasteiger partial charge on any atom is 0.0644 e. The third-order valence-corrected chi connectivity index (χ3v) is 4.93. The Morgan fingerprint density at radius 2 is 1.75 bits per heavy atom. The van der Waals surface area contributed by atoms with Crippen molar-refractivity contribution in [3.05, 3.63) is 0 Å². The number of ether oxygens (including phenoxy) is 1. The van der Waals surface area contributed by atoms with Gasteiger partial charge >= 0.3 is 0 Å². The van der Waals surface area contributed by atoms with Crippen molar-refractivity contribution in [2.45, 2.75) is 58.1 Å². The Kier molecular flexibility index (Phi) is 5.46. The molecule has 118 valence electrons. The molecule has 2 aliphatic heterocycles. The van der Waals surface area contributed by atoms with Crippen LogP contribution in [0.1, 0.15) is 46.5 Å². The Labute approximate surface area is 123 Å². The number of nitrogens with one attached hydrogen (secondary N) is 1. The summed E-state index contributed by atoms with van der Waals surface area (Å²) in [6.45, 7) is 12.5. The zero-order valence-electron chi connectivity index (χ0n) is 13.5. The summed E-state index contributed by atoms with van der Waals surface area (Å²) in [5, 5.41) is 13.7. The lowest BCUT2D eigenvalue weighted by Crippen LogP contribution is -2.51. The highest BCUT2D eigenvalue weighted by molar-refractivity contribution is 4.90. The molecule has 2 rings (SSSR count). The lowest BCUT2D eigenvalue weighted by atomic mass is 9.78. The van der Waals surface area contributed by atoms with Crippen LogP contribution in [-0.4, -0.2) is 61.0 Å². The van der Waals surface area contributed by atoms with E-state index in [2.05, 4.69) is 24.1 Å². The molecule has 0 saturated carbocycles. The first kappa shape index (κ1) is 16.2. The topological polar surface area (TPSA) is 44.7 Å². The second-order valence-electron chi connectivity index (χ2n) is 7.42. The van der Waals surface area contributed by atoms with E-state index in [1.54, 1.807) is 0 Å². The van der Waals surface area contributed by atoms with Crippen LogP contribution >= 0.6 is 0 Å². The summed E-state index contributed by atoms with van der Waals surface area (Å²) >= 11 is 0. The maximum absolute atomic E-state index is 10.1. The molecule has 0 radical (unpaired) electrons. The van der Waals surface area contributed by atoms with Crippen LogP contribution in [0.15, 0.2) is 0 Å². The summed E-state index contributed by atoms with van der Waals surface area (Å²) in [5.41, 5.74) is -0.0960. The highest BCUT2D eigenvalue weighted by Gasteiger charge is 2.36. The van der Waals surface area contributed by atoms with E-state index in [4.69, 9.17) is 4.74 Å². The molecular formula is C16H32N2O2. The molecule has 2 aliphatic rings. The molecule has 2 heterocycles. The molecule has 0 unspecified atom stereocenters. The Hall–Kier alpha value is -0.160. The molecule has 4 nitrogen and oxygen atoms in total. The van der Waals surface area contributed by atoms with Gasteiger partial charge in [0.25, 0.3) is 0 Å².